The summed E-state index contributed by atoms with van der Waals surface area (Å²) in [5.74, 6) is -2.88. The molecule has 0 saturated carbocycles. The van der Waals surface area contributed by atoms with Crippen molar-refractivity contribution in [1.29, 1.82) is 0 Å². The molecule has 0 heterocycles. The number of nitrogens with one attached hydrogen (secondary N) is 2. The zero-order valence-corrected chi connectivity index (χ0v) is 15.6. The number of rotatable bonds is 13. The van der Waals surface area contributed by atoms with Crippen LogP contribution in [0.5, 0.6) is 0 Å². The average molecular weight is 396 g/mol. The zero-order chi connectivity index (χ0) is 19.4. The molecule has 0 saturated heterocycles. The summed E-state index contributed by atoms with van der Waals surface area (Å²) < 4.78 is 0. The molecule has 3 atom stereocenters. The van der Waals surface area contributed by atoms with Crippen molar-refractivity contribution in [2.75, 3.05) is 17.8 Å². The number of carboxylic acid groups (broad SMARTS) is 2. The van der Waals surface area contributed by atoms with E-state index in [0.717, 1.165) is 0 Å². The van der Waals surface area contributed by atoms with Gasteiger partial charge in [0.2, 0.25) is 11.8 Å². The minimum Gasteiger partial charge on any atom is -0.481 e. The lowest BCUT2D eigenvalue weighted by molar-refractivity contribution is -0.142. The Morgan fingerprint density at radius 1 is 1.08 bits per heavy atom. The molecule has 0 aromatic heterocycles. The lowest BCUT2D eigenvalue weighted by atomic mass is 10.1. The molecule has 0 bridgehead atoms. The fourth-order valence-corrected chi connectivity index (χ4v) is 2.57. The largest absolute Gasteiger partial charge is 0.481 e. The number of aliphatic carboxylic acids is 2. The third kappa shape index (κ3) is 10.2. The first-order valence-electron chi connectivity index (χ1n) is 7.63. The lowest BCUT2D eigenvalue weighted by Gasteiger charge is -2.21. The standard InChI is InChI=1S/C14H25N3O6S2/c1-25-6-5-9(14(22)23)16-13(21)10(7-24)17-12(20)8(15)3-2-4-11(18)19/h8-10,24H,2-7,15H2,1H3,(H,16,21)(H,17,20)(H,18,19)(H,22,23)/t8-,9+,10-/m0/s1. The first kappa shape index (κ1) is 23.5. The fourth-order valence-electron chi connectivity index (χ4n) is 1.84. The second-order valence-electron chi connectivity index (χ2n) is 5.32. The number of nitrogens with two attached hydrogens (primary N) is 1. The number of hydrogen-bond acceptors (Lipinski definition) is 7. The molecule has 0 aromatic carbocycles. The van der Waals surface area contributed by atoms with Gasteiger partial charge in [-0.05, 0) is 31.3 Å². The van der Waals surface area contributed by atoms with E-state index in [1.54, 1.807) is 0 Å². The van der Waals surface area contributed by atoms with Crippen LogP contribution >= 0.6 is 24.4 Å². The highest BCUT2D eigenvalue weighted by atomic mass is 32.2. The number of hydrogen-bond donors (Lipinski definition) is 6. The van der Waals surface area contributed by atoms with E-state index in [1.165, 1.54) is 11.8 Å². The average Bonchev–Trinajstić information content (AvgIpc) is 2.54. The number of amides is 2. The van der Waals surface area contributed by atoms with E-state index in [-0.39, 0.29) is 31.4 Å². The number of carboxylic acids is 2. The lowest BCUT2D eigenvalue weighted by Crippen LogP contribution is -2.55. The van der Waals surface area contributed by atoms with Gasteiger partial charge in [-0.1, -0.05) is 0 Å². The van der Waals surface area contributed by atoms with E-state index in [2.05, 4.69) is 23.3 Å². The van der Waals surface area contributed by atoms with Gasteiger partial charge in [0.05, 0.1) is 6.04 Å². The van der Waals surface area contributed by atoms with Gasteiger partial charge in [0, 0.05) is 12.2 Å². The highest BCUT2D eigenvalue weighted by molar-refractivity contribution is 7.98. The van der Waals surface area contributed by atoms with E-state index in [0.29, 0.717) is 5.75 Å². The van der Waals surface area contributed by atoms with Gasteiger partial charge in [0.1, 0.15) is 12.1 Å². The van der Waals surface area contributed by atoms with Crippen molar-refractivity contribution in [1.82, 2.24) is 10.6 Å². The van der Waals surface area contributed by atoms with E-state index in [4.69, 9.17) is 15.9 Å². The molecule has 0 rings (SSSR count). The molecular weight excluding hydrogens is 370 g/mol. The molecule has 11 heteroatoms. The molecule has 144 valence electrons. The summed E-state index contributed by atoms with van der Waals surface area (Å²) in [6.07, 6.45) is 2.36. The molecule has 0 spiro atoms. The van der Waals surface area contributed by atoms with Gasteiger partial charge in [0.15, 0.2) is 0 Å². The Morgan fingerprint density at radius 3 is 2.16 bits per heavy atom. The van der Waals surface area contributed by atoms with Crippen molar-refractivity contribution in [3.8, 4) is 0 Å². The van der Waals surface area contributed by atoms with Gasteiger partial charge in [-0.25, -0.2) is 4.79 Å². The molecule has 0 radical (unpaired) electrons. The van der Waals surface area contributed by atoms with Crippen LogP contribution in [0.2, 0.25) is 0 Å². The maximum atomic E-state index is 12.2. The van der Waals surface area contributed by atoms with Gasteiger partial charge in [-0.3, -0.25) is 14.4 Å². The molecule has 0 aliphatic carbocycles. The topological polar surface area (TPSA) is 159 Å². The summed E-state index contributed by atoms with van der Waals surface area (Å²) in [6.45, 7) is 0. The second-order valence-corrected chi connectivity index (χ2v) is 6.67. The van der Waals surface area contributed by atoms with Crippen molar-refractivity contribution < 1.29 is 29.4 Å². The maximum absolute atomic E-state index is 12.2. The molecule has 9 nitrogen and oxygen atoms in total. The van der Waals surface area contributed by atoms with Crippen LogP contribution in [-0.2, 0) is 19.2 Å². The molecule has 25 heavy (non-hydrogen) atoms. The predicted octanol–water partition coefficient (Wildman–Crippen LogP) is -0.694. The molecule has 0 aliphatic rings. The molecule has 0 unspecified atom stereocenters. The van der Waals surface area contributed by atoms with Crippen molar-refractivity contribution in [2.45, 2.75) is 43.8 Å². The predicted molar refractivity (Wildman–Crippen MR) is 97.8 cm³/mol. The maximum Gasteiger partial charge on any atom is 0.326 e. The Morgan fingerprint density at radius 2 is 1.68 bits per heavy atom. The Bertz CT molecular complexity index is 477. The number of carbonyl (C=O) groups is 4. The van der Waals surface area contributed by atoms with Gasteiger partial charge in [0.25, 0.3) is 0 Å². The first-order valence-corrected chi connectivity index (χ1v) is 9.66. The van der Waals surface area contributed by atoms with Crippen molar-refractivity contribution in [2.24, 2.45) is 5.73 Å². The summed E-state index contributed by atoms with van der Waals surface area (Å²) in [4.78, 5) is 45.7. The van der Waals surface area contributed by atoms with Crippen LogP contribution in [0.15, 0.2) is 0 Å². The molecular formula is C14H25N3O6S2. The summed E-state index contributed by atoms with van der Waals surface area (Å²) in [5, 5.41) is 22.5. The normalized spacial score (nSPS) is 14.2. The van der Waals surface area contributed by atoms with Crippen LogP contribution in [0.1, 0.15) is 25.7 Å². The van der Waals surface area contributed by atoms with Gasteiger partial charge < -0.3 is 26.6 Å². The fraction of sp³-hybridized carbons (Fsp3) is 0.714. The molecule has 0 fully saturated rings. The SMILES string of the molecule is CSCC[C@@H](NC(=O)[C@H](CS)NC(=O)[C@@H](N)CCCC(=O)O)C(=O)O. The van der Waals surface area contributed by atoms with Crippen LogP contribution in [0.25, 0.3) is 0 Å². The van der Waals surface area contributed by atoms with Crippen LogP contribution in [0.3, 0.4) is 0 Å². The van der Waals surface area contributed by atoms with E-state index in [9.17, 15) is 19.2 Å². The third-order valence-electron chi connectivity index (χ3n) is 3.28. The van der Waals surface area contributed by atoms with E-state index < -0.39 is 41.9 Å². The summed E-state index contributed by atoms with van der Waals surface area (Å²) >= 11 is 5.45. The number of carbonyl (C=O) groups excluding carboxylic acids is 2. The van der Waals surface area contributed by atoms with Crippen molar-refractivity contribution in [3.05, 3.63) is 0 Å². The van der Waals surface area contributed by atoms with Crippen LogP contribution in [0, 0.1) is 0 Å². The van der Waals surface area contributed by atoms with Crippen molar-refractivity contribution >= 4 is 48.1 Å². The monoisotopic (exact) mass is 395 g/mol. The third-order valence-corrected chi connectivity index (χ3v) is 4.29. The molecule has 0 aromatic rings. The Hall–Kier alpha value is -1.46. The second kappa shape index (κ2) is 12.8. The highest BCUT2D eigenvalue weighted by Gasteiger charge is 2.26. The van der Waals surface area contributed by atoms with E-state index >= 15 is 0 Å². The minimum absolute atomic E-state index is 0.0334. The summed E-state index contributed by atoms with van der Waals surface area (Å²) in [7, 11) is 0. The van der Waals surface area contributed by atoms with Gasteiger partial charge >= 0.3 is 11.9 Å². The van der Waals surface area contributed by atoms with Crippen molar-refractivity contribution in [3.63, 3.8) is 0 Å². The number of thiol groups is 1. The van der Waals surface area contributed by atoms with Gasteiger partial charge in [-0.15, -0.1) is 0 Å². The first-order chi connectivity index (χ1) is 11.7. The molecule has 2 amide bonds. The molecule has 0 aliphatic heterocycles. The van der Waals surface area contributed by atoms with Crippen LogP contribution in [-0.4, -0.2) is 69.9 Å². The highest BCUT2D eigenvalue weighted by Crippen LogP contribution is 2.03. The summed E-state index contributed by atoms with van der Waals surface area (Å²) in [5.41, 5.74) is 5.66. The molecule has 6 N–H and O–H groups in total. The smallest absolute Gasteiger partial charge is 0.326 e. The Balaban J connectivity index is 4.58. The van der Waals surface area contributed by atoms with Crippen LogP contribution in [0.4, 0.5) is 0 Å². The number of thioether (sulfide) groups is 1. The summed E-state index contributed by atoms with van der Waals surface area (Å²) in [6, 6.07) is -3.04. The van der Waals surface area contributed by atoms with Gasteiger partial charge in [-0.2, -0.15) is 24.4 Å². The van der Waals surface area contributed by atoms with Crippen LogP contribution < -0.4 is 16.4 Å². The van der Waals surface area contributed by atoms with E-state index in [1.807, 2.05) is 6.26 Å². The Kier molecular flexibility index (Phi) is 12.1. The quantitative estimate of drug-likeness (QED) is 0.223. The Labute approximate surface area is 155 Å². The zero-order valence-electron chi connectivity index (χ0n) is 13.9. The minimum atomic E-state index is -1.16.